The zero-order valence-electron chi connectivity index (χ0n) is 16.1. The van der Waals surface area contributed by atoms with Gasteiger partial charge in [-0.05, 0) is 39.0 Å². The van der Waals surface area contributed by atoms with Crippen LogP contribution in [0.4, 0.5) is 0 Å². The SMILES string of the molecule is Cc1cc(-n2c(C)cc(C(=O)C(C#N)c3nc4ccccc4n3C)c2C)no1. The number of fused-ring (bicyclic) bond motifs is 1. The number of aryl methyl sites for hydroxylation is 3. The van der Waals surface area contributed by atoms with E-state index < -0.39 is 5.92 Å². The summed E-state index contributed by atoms with van der Waals surface area (Å²) in [7, 11) is 1.82. The molecule has 0 aliphatic heterocycles. The van der Waals surface area contributed by atoms with Crippen molar-refractivity contribution in [1.29, 1.82) is 5.26 Å². The van der Waals surface area contributed by atoms with Crippen LogP contribution in [0.3, 0.4) is 0 Å². The maximum Gasteiger partial charge on any atom is 0.189 e. The van der Waals surface area contributed by atoms with Crippen LogP contribution < -0.4 is 0 Å². The van der Waals surface area contributed by atoms with E-state index in [2.05, 4.69) is 16.2 Å². The lowest BCUT2D eigenvalue weighted by atomic mass is 9.98. The molecular weight excluding hydrogens is 354 g/mol. The van der Waals surface area contributed by atoms with Crippen molar-refractivity contribution in [2.24, 2.45) is 7.05 Å². The summed E-state index contributed by atoms with van der Waals surface area (Å²) in [6, 6.07) is 13.3. The Morgan fingerprint density at radius 3 is 2.61 bits per heavy atom. The molecule has 4 rings (SSSR count). The molecule has 3 heterocycles. The third-order valence-corrected chi connectivity index (χ3v) is 5.01. The fourth-order valence-electron chi connectivity index (χ4n) is 3.63. The number of carbonyl (C=O) groups is 1. The van der Waals surface area contributed by atoms with Gasteiger partial charge in [0.1, 0.15) is 11.6 Å². The molecule has 0 saturated heterocycles. The van der Waals surface area contributed by atoms with Crippen LogP contribution in [-0.4, -0.2) is 25.1 Å². The quantitative estimate of drug-likeness (QED) is 0.508. The summed E-state index contributed by atoms with van der Waals surface area (Å²) in [5.41, 5.74) is 3.69. The third-order valence-electron chi connectivity index (χ3n) is 5.01. The summed E-state index contributed by atoms with van der Waals surface area (Å²) in [6.45, 7) is 5.55. The second-order valence-electron chi connectivity index (χ2n) is 6.86. The van der Waals surface area contributed by atoms with Crippen LogP contribution >= 0.6 is 0 Å². The predicted octanol–water partition coefficient (Wildman–Crippen LogP) is 3.77. The van der Waals surface area contributed by atoms with E-state index in [1.165, 1.54) is 0 Å². The molecular formula is C21H19N5O2. The van der Waals surface area contributed by atoms with E-state index in [4.69, 9.17) is 4.52 Å². The first kappa shape index (κ1) is 17.7. The number of nitrogens with zero attached hydrogens (tertiary/aromatic N) is 5. The number of nitriles is 1. The first-order chi connectivity index (χ1) is 13.4. The molecule has 0 aliphatic carbocycles. The van der Waals surface area contributed by atoms with E-state index in [-0.39, 0.29) is 5.78 Å². The van der Waals surface area contributed by atoms with Gasteiger partial charge in [0.05, 0.1) is 17.1 Å². The summed E-state index contributed by atoms with van der Waals surface area (Å²) < 4.78 is 8.83. The molecule has 1 unspecified atom stereocenters. The van der Waals surface area contributed by atoms with Crippen molar-refractivity contribution in [3.05, 3.63) is 64.9 Å². The number of hydrogen-bond donors (Lipinski definition) is 0. The molecule has 0 saturated carbocycles. The smallest absolute Gasteiger partial charge is 0.189 e. The van der Waals surface area contributed by atoms with E-state index in [0.717, 1.165) is 22.4 Å². The van der Waals surface area contributed by atoms with Gasteiger partial charge in [-0.1, -0.05) is 17.3 Å². The van der Waals surface area contributed by atoms with Crippen molar-refractivity contribution in [2.45, 2.75) is 26.7 Å². The van der Waals surface area contributed by atoms with Crippen LogP contribution in [0.15, 0.2) is 40.9 Å². The molecule has 140 valence electrons. The molecule has 1 atom stereocenters. The number of para-hydroxylation sites is 2. The average Bonchev–Trinajstić information content (AvgIpc) is 3.33. The highest BCUT2D eigenvalue weighted by Gasteiger charge is 2.30. The van der Waals surface area contributed by atoms with Crippen molar-refractivity contribution in [3.63, 3.8) is 0 Å². The molecule has 0 amide bonds. The average molecular weight is 373 g/mol. The van der Waals surface area contributed by atoms with Gasteiger partial charge < -0.3 is 9.09 Å². The van der Waals surface area contributed by atoms with E-state index in [1.807, 2.05) is 62.7 Å². The van der Waals surface area contributed by atoms with Gasteiger partial charge >= 0.3 is 0 Å². The minimum atomic E-state index is -0.995. The molecule has 0 spiro atoms. The van der Waals surface area contributed by atoms with Crippen molar-refractivity contribution in [2.75, 3.05) is 0 Å². The molecule has 28 heavy (non-hydrogen) atoms. The highest BCUT2D eigenvalue weighted by Crippen LogP contribution is 2.28. The maximum atomic E-state index is 13.3. The minimum absolute atomic E-state index is 0.277. The fourth-order valence-corrected chi connectivity index (χ4v) is 3.63. The number of hydrogen-bond acceptors (Lipinski definition) is 5. The molecule has 1 aromatic carbocycles. The van der Waals surface area contributed by atoms with Crippen molar-refractivity contribution >= 4 is 16.8 Å². The van der Waals surface area contributed by atoms with E-state index >= 15 is 0 Å². The number of benzene rings is 1. The topological polar surface area (TPSA) is 89.6 Å². The van der Waals surface area contributed by atoms with Gasteiger partial charge in [0.2, 0.25) is 0 Å². The summed E-state index contributed by atoms with van der Waals surface area (Å²) in [5, 5.41) is 13.8. The lowest BCUT2D eigenvalue weighted by molar-refractivity contribution is 0.0974. The Labute approximate surface area is 161 Å². The Kier molecular flexibility index (Phi) is 4.12. The van der Waals surface area contributed by atoms with Gasteiger partial charge in [0.25, 0.3) is 0 Å². The van der Waals surface area contributed by atoms with Gasteiger partial charge in [-0.3, -0.25) is 9.36 Å². The summed E-state index contributed by atoms with van der Waals surface area (Å²) in [4.78, 5) is 17.8. The van der Waals surface area contributed by atoms with E-state index in [0.29, 0.717) is 23.0 Å². The molecule has 0 fully saturated rings. The molecule has 7 heteroatoms. The van der Waals surface area contributed by atoms with E-state index in [9.17, 15) is 10.1 Å². The zero-order valence-corrected chi connectivity index (χ0v) is 16.1. The summed E-state index contributed by atoms with van der Waals surface area (Å²) in [5.74, 6) is 0.467. The monoisotopic (exact) mass is 373 g/mol. The van der Waals surface area contributed by atoms with Gasteiger partial charge in [0, 0.05) is 30.1 Å². The fraction of sp³-hybridized carbons (Fsp3) is 0.238. The number of carbonyl (C=O) groups excluding carboxylic acids is 1. The predicted molar refractivity (Wildman–Crippen MR) is 103 cm³/mol. The van der Waals surface area contributed by atoms with Crippen LogP contribution in [0.5, 0.6) is 0 Å². The molecule has 0 aliphatic rings. The Hall–Kier alpha value is -3.66. The Morgan fingerprint density at radius 2 is 1.96 bits per heavy atom. The number of rotatable bonds is 4. The summed E-state index contributed by atoms with van der Waals surface area (Å²) >= 11 is 0. The highest BCUT2D eigenvalue weighted by molar-refractivity contribution is 6.04. The van der Waals surface area contributed by atoms with Crippen molar-refractivity contribution in [3.8, 4) is 11.9 Å². The number of Topliss-reactive ketones (excluding diaryl/α,β-unsaturated/α-hetero) is 1. The van der Waals surface area contributed by atoms with Gasteiger partial charge in [-0.25, -0.2) is 4.98 Å². The van der Waals surface area contributed by atoms with Gasteiger partial charge in [-0.15, -0.1) is 0 Å². The maximum absolute atomic E-state index is 13.3. The third kappa shape index (κ3) is 2.62. The molecule has 7 nitrogen and oxygen atoms in total. The largest absolute Gasteiger partial charge is 0.360 e. The molecule has 0 N–H and O–H groups in total. The van der Waals surface area contributed by atoms with Gasteiger partial charge in [-0.2, -0.15) is 5.26 Å². The van der Waals surface area contributed by atoms with E-state index in [1.54, 1.807) is 10.6 Å². The first-order valence-electron chi connectivity index (χ1n) is 8.90. The first-order valence-corrected chi connectivity index (χ1v) is 8.90. The number of aromatic nitrogens is 4. The van der Waals surface area contributed by atoms with Crippen LogP contribution in [0.25, 0.3) is 16.9 Å². The second kappa shape index (κ2) is 6.50. The van der Waals surface area contributed by atoms with Crippen LogP contribution in [-0.2, 0) is 7.05 Å². The van der Waals surface area contributed by atoms with Crippen LogP contribution in [0, 0.1) is 32.1 Å². The summed E-state index contributed by atoms with van der Waals surface area (Å²) in [6.07, 6.45) is 0. The highest BCUT2D eigenvalue weighted by atomic mass is 16.5. The Bertz CT molecular complexity index is 1250. The van der Waals surface area contributed by atoms with Gasteiger partial charge in [0.15, 0.2) is 17.5 Å². The minimum Gasteiger partial charge on any atom is -0.360 e. The Morgan fingerprint density at radius 1 is 1.21 bits per heavy atom. The zero-order chi connectivity index (χ0) is 20.0. The second-order valence-corrected chi connectivity index (χ2v) is 6.86. The molecule has 4 aromatic rings. The normalized spacial score (nSPS) is 12.2. The molecule has 3 aromatic heterocycles. The Balaban J connectivity index is 1.80. The standard InChI is InChI=1S/C21H19N5O2/c1-12-9-15(14(3)26(12)19-10-13(2)28-24-19)20(27)16(11-22)21-23-17-7-5-6-8-18(17)25(21)4/h5-10,16H,1-4H3. The molecule has 0 radical (unpaired) electrons. The number of ketones is 1. The lowest BCUT2D eigenvalue weighted by Gasteiger charge is -2.09. The number of imidazole rings is 1. The van der Waals surface area contributed by atoms with Crippen LogP contribution in [0.1, 0.15) is 39.2 Å². The van der Waals surface area contributed by atoms with Crippen molar-refractivity contribution in [1.82, 2.24) is 19.3 Å². The van der Waals surface area contributed by atoms with Crippen LogP contribution in [0.2, 0.25) is 0 Å². The lowest BCUT2D eigenvalue weighted by Crippen LogP contribution is -2.16. The van der Waals surface area contributed by atoms with Crippen molar-refractivity contribution < 1.29 is 9.32 Å². The molecule has 0 bridgehead atoms.